The first kappa shape index (κ1) is 14.0. The number of nitrogens with zero attached hydrogens (tertiary/aromatic N) is 1. The number of aromatic carboxylic acids is 1. The molecule has 0 atom stereocenters. The number of halogens is 1. The molecular formula is C11H9FN2O5S. The molecule has 2 N–H and O–H groups in total. The molecule has 1 heterocycles. The Hall–Kier alpha value is -2.42. The summed E-state index contributed by atoms with van der Waals surface area (Å²) in [4.78, 5) is 14.1. The normalized spacial score (nSPS) is 11.3. The van der Waals surface area contributed by atoms with Gasteiger partial charge in [-0.1, -0.05) is 0 Å². The summed E-state index contributed by atoms with van der Waals surface area (Å²) >= 11 is 0. The van der Waals surface area contributed by atoms with Gasteiger partial charge in [-0.3, -0.25) is 0 Å². The van der Waals surface area contributed by atoms with Crippen LogP contribution in [0.15, 0.2) is 33.8 Å². The molecular weight excluding hydrogens is 291 g/mol. The van der Waals surface area contributed by atoms with Crippen LogP contribution in [-0.4, -0.2) is 24.5 Å². The van der Waals surface area contributed by atoms with E-state index in [0.717, 1.165) is 18.2 Å². The molecule has 0 aliphatic rings. The second-order valence-corrected chi connectivity index (χ2v) is 5.53. The Balaban J connectivity index is 2.39. The zero-order chi connectivity index (χ0) is 14.9. The van der Waals surface area contributed by atoms with E-state index in [2.05, 4.69) is 4.98 Å². The van der Waals surface area contributed by atoms with Crippen LogP contribution in [-0.2, 0) is 10.0 Å². The molecule has 2 rings (SSSR count). The lowest BCUT2D eigenvalue weighted by atomic mass is 10.2. The molecule has 0 spiro atoms. The Morgan fingerprint density at radius 3 is 2.70 bits per heavy atom. The summed E-state index contributed by atoms with van der Waals surface area (Å²) in [7, 11) is -4.11. The van der Waals surface area contributed by atoms with Gasteiger partial charge in [0.1, 0.15) is 12.1 Å². The summed E-state index contributed by atoms with van der Waals surface area (Å²) in [6, 6.07) is 2.16. The van der Waals surface area contributed by atoms with E-state index >= 15 is 0 Å². The minimum atomic E-state index is -4.11. The number of sulfonamides is 1. The molecule has 0 saturated heterocycles. The number of carboxylic acid groups (broad SMARTS) is 1. The fourth-order valence-electron chi connectivity index (χ4n) is 1.41. The number of rotatable bonds is 4. The fourth-order valence-corrected chi connectivity index (χ4v) is 2.37. The highest BCUT2D eigenvalue weighted by Gasteiger charge is 2.20. The van der Waals surface area contributed by atoms with E-state index in [0.29, 0.717) is 5.69 Å². The number of hydrogen-bond donors (Lipinski definition) is 2. The smallest absolute Gasteiger partial charge is 0.338 e. The summed E-state index contributed by atoms with van der Waals surface area (Å²) < 4.78 is 44.0. The average molecular weight is 300 g/mol. The highest BCUT2D eigenvalue weighted by molar-refractivity contribution is 7.92. The van der Waals surface area contributed by atoms with E-state index in [-0.39, 0.29) is 6.01 Å². The van der Waals surface area contributed by atoms with E-state index < -0.39 is 32.3 Å². The van der Waals surface area contributed by atoms with Gasteiger partial charge < -0.3 is 9.52 Å². The average Bonchev–Trinajstić information content (AvgIpc) is 2.73. The van der Waals surface area contributed by atoms with Crippen LogP contribution >= 0.6 is 0 Å². The van der Waals surface area contributed by atoms with Crippen molar-refractivity contribution in [1.29, 1.82) is 0 Å². The van der Waals surface area contributed by atoms with Crippen molar-refractivity contribution in [3.8, 4) is 0 Å². The first-order valence-corrected chi connectivity index (χ1v) is 6.76. The van der Waals surface area contributed by atoms with Crippen molar-refractivity contribution in [2.45, 2.75) is 11.8 Å². The van der Waals surface area contributed by atoms with Crippen molar-refractivity contribution in [3.63, 3.8) is 0 Å². The van der Waals surface area contributed by atoms with Crippen LogP contribution in [0.3, 0.4) is 0 Å². The number of carboxylic acids is 1. The molecule has 0 amide bonds. The standard InChI is InChI=1S/C11H9FN2O5S/c1-6-5-19-11(13-6)14-20(17,18)7-2-3-9(12)8(4-7)10(15)16/h2-5H,1H3,(H,13,14)(H,15,16). The summed E-state index contributed by atoms with van der Waals surface area (Å²) in [5.74, 6) is -2.59. The van der Waals surface area contributed by atoms with Crippen LogP contribution in [0.25, 0.3) is 0 Å². The third kappa shape index (κ3) is 2.77. The van der Waals surface area contributed by atoms with Crippen LogP contribution in [0.1, 0.15) is 16.1 Å². The maximum Gasteiger partial charge on any atom is 0.338 e. The molecule has 1 aromatic carbocycles. The summed E-state index contributed by atoms with van der Waals surface area (Å²) in [6.07, 6.45) is 1.24. The zero-order valence-electron chi connectivity index (χ0n) is 10.1. The molecule has 7 nitrogen and oxygen atoms in total. The molecule has 9 heteroatoms. The number of oxazole rings is 1. The van der Waals surface area contributed by atoms with E-state index in [1.165, 1.54) is 6.26 Å². The van der Waals surface area contributed by atoms with Gasteiger partial charge >= 0.3 is 12.0 Å². The minimum absolute atomic E-state index is 0.260. The van der Waals surface area contributed by atoms with Crippen molar-refractivity contribution in [2.75, 3.05) is 4.72 Å². The summed E-state index contributed by atoms with van der Waals surface area (Å²) in [6.45, 7) is 1.60. The van der Waals surface area contributed by atoms with Gasteiger partial charge in [0.05, 0.1) is 16.2 Å². The predicted molar refractivity (Wildman–Crippen MR) is 65.4 cm³/mol. The molecule has 0 unspecified atom stereocenters. The van der Waals surface area contributed by atoms with E-state index in [4.69, 9.17) is 9.52 Å². The molecule has 0 bridgehead atoms. The van der Waals surface area contributed by atoms with Gasteiger partial charge in [0.15, 0.2) is 0 Å². The fraction of sp³-hybridized carbons (Fsp3) is 0.0909. The van der Waals surface area contributed by atoms with Crippen molar-refractivity contribution in [1.82, 2.24) is 4.98 Å². The number of benzene rings is 1. The number of aromatic nitrogens is 1. The number of hydrogen-bond acceptors (Lipinski definition) is 5. The molecule has 0 saturated carbocycles. The number of carbonyl (C=O) groups is 1. The quantitative estimate of drug-likeness (QED) is 0.888. The molecule has 0 aliphatic heterocycles. The lowest BCUT2D eigenvalue weighted by Gasteiger charge is -2.05. The maximum absolute atomic E-state index is 13.2. The lowest BCUT2D eigenvalue weighted by molar-refractivity contribution is 0.0691. The molecule has 2 aromatic rings. The van der Waals surface area contributed by atoms with Gasteiger partial charge in [0.25, 0.3) is 10.0 Å². The Morgan fingerprint density at radius 2 is 2.15 bits per heavy atom. The maximum atomic E-state index is 13.2. The van der Waals surface area contributed by atoms with Gasteiger partial charge in [-0.25, -0.2) is 22.3 Å². The van der Waals surface area contributed by atoms with Crippen LogP contribution < -0.4 is 4.72 Å². The van der Waals surface area contributed by atoms with Crippen molar-refractivity contribution >= 4 is 22.0 Å². The van der Waals surface area contributed by atoms with Crippen molar-refractivity contribution in [3.05, 3.63) is 41.5 Å². The molecule has 20 heavy (non-hydrogen) atoms. The van der Waals surface area contributed by atoms with E-state index in [9.17, 15) is 17.6 Å². The van der Waals surface area contributed by atoms with E-state index in [1.54, 1.807) is 6.92 Å². The number of nitrogens with one attached hydrogen (secondary N) is 1. The molecule has 0 radical (unpaired) electrons. The topological polar surface area (TPSA) is 110 Å². The minimum Gasteiger partial charge on any atom is -0.478 e. The second-order valence-electron chi connectivity index (χ2n) is 3.85. The third-order valence-corrected chi connectivity index (χ3v) is 3.64. The molecule has 0 aliphatic carbocycles. The van der Waals surface area contributed by atoms with Gasteiger partial charge in [-0.2, -0.15) is 4.98 Å². The first-order valence-electron chi connectivity index (χ1n) is 5.27. The van der Waals surface area contributed by atoms with Gasteiger partial charge in [0, 0.05) is 0 Å². The summed E-state index contributed by atoms with van der Waals surface area (Å²) in [5, 5.41) is 8.76. The molecule has 1 aromatic heterocycles. The number of anilines is 1. The van der Waals surface area contributed by atoms with Crippen molar-refractivity contribution < 1.29 is 27.1 Å². The highest BCUT2D eigenvalue weighted by atomic mass is 32.2. The van der Waals surface area contributed by atoms with Gasteiger partial charge in [-0.15, -0.1) is 0 Å². The summed E-state index contributed by atoms with van der Waals surface area (Å²) in [5.41, 5.74) is -0.274. The van der Waals surface area contributed by atoms with Crippen LogP contribution in [0, 0.1) is 12.7 Å². The van der Waals surface area contributed by atoms with E-state index in [1.807, 2.05) is 4.72 Å². The highest BCUT2D eigenvalue weighted by Crippen LogP contribution is 2.18. The van der Waals surface area contributed by atoms with Crippen molar-refractivity contribution in [2.24, 2.45) is 0 Å². The van der Waals surface area contributed by atoms with Crippen LogP contribution in [0.5, 0.6) is 0 Å². The van der Waals surface area contributed by atoms with Gasteiger partial charge in [0.2, 0.25) is 0 Å². The Labute approximate surface area is 113 Å². The lowest BCUT2D eigenvalue weighted by Crippen LogP contribution is -2.14. The largest absolute Gasteiger partial charge is 0.478 e. The van der Waals surface area contributed by atoms with Crippen LogP contribution in [0.4, 0.5) is 10.4 Å². The number of aryl methyl sites for hydroxylation is 1. The predicted octanol–water partition coefficient (Wildman–Crippen LogP) is 1.62. The third-order valence-electron chi connectivity index (χ3n) is 2.32. The first-order chi connectivity index (χ1) is 9.29. The Morgan fingerprint density at radius 1 is 1.45 bits per heavy atom. The monoisotopic (exact) mass is 300 g/mol. The van der Waals surface area contributed by atoms with Gasteiger partial charge in [-0.05, 0) is 25.1 Å². The van der Waals surface area contributed by atoms with Crippen LogP contribution in [0.2, 0.25) is 0 Å². The molecule has 106 valence electrons. The second kappa shape index (κ2) is 4.93. The molecule has 0 fully saturated rings. The Bertz CT molecular complexity index is 769. The zero-order valence-corrected chi connectivity index (χ0v) is 10.9. The SMILES string of the molecule is Cc1coc(NS(=O)(=O)c2ccc(F)c(C(=O)O)c2)n1. The Kier molecular flexibility index (Phi) is 3.45.